The Morgan fingerprint density at radius 3 is 0.607 bits per heavy atom. The number of rotatable bonds is 12. The van der Waals surface area contributed by atoms with E-state index in [1.165, 1.54) is 66.8 Å². The summed E-state index contributed by atoms with van der Waals surface area (Å²) < 4.78 is 0. The maximum atomic E-state index is 4.88. The summed E-state index contributed by atoms with van der Waals surface area (Å²) in [6, 6.07) is 42.3. The standard InChI is InChI=1S/2C24H26N2.2ClH.2Cr/c2*1-17-9-7-10-18(2)23(17)25-15-21-13-5-6-14-22(21)16-26-24-19(3)11-8-12-20(24)4;;;;/h2*5-14H,15-16H2,1-4H3;2*1H;;/q2*-2;;;2*+3/p-2. The van der Waals surface area contributed by atoms with Gasteiger partial charge in [0.15, 0.2) is 0 Å². The predicted octanol–water partition coefficient (Wildman–Crippen LogP) is 16.0. The van der Waals surface area contributed by atoms with Crippen molar-refractivity contribution in [3.8, 4) is 0 Å². The molecule has 0 N–H and O–H groups in total. The molecule has 0 saturated heterocycles. The van der Waals surface area contributed by atoms with Crippen molar-refractivity contribution in [3.05, 3.63) is 209 Å². The van der Waals surface area contributed by atoms with Gasteiger partial charge in [0, 0.05) is 0 Å². The van der Waals surface area contributed by atoms with Crippen LogP contribution in [0.4, 0.5) is 22.7 Å². The van der Waals surface area contributed by atoms with Gasteiger partial charge in [-0.1, -0.05) is 188 Å². The van der Waals surface area contributed by atoms with Gasteiger partial charge in [-0.25, -0.2) is 0 Å². The third-order valence-electron chi connectivity index (χ3n) is 9.62. The first kappa shape index (κ1) is 46.5. The van der Waals surface area contributed by atoms with Gasteiger partial charge in [0.2, 0.25) is 0 Å². The number of hydrogen-bond donors (Lipinski definition) is 0. The van der Waals surface area contributed by atoms with Gasteiger partial charge < -0.3 is 21.3 Å². The second kappa shape index (κ2) is 24.7. The van der Waals surface area contributed by atoms with Gasteiger partial charge in [-0.2, -0.15) is 0 Å². The van der Waals surface area contributed by atoms with Crippen LogP contribution in [0.5, 0.6) is 0 Å². The number of para-hydroxylation sites is 4. The fraction of sp³-hybridized carbons (Fsp3) is 0.250. The third-order valence-corrected chi connectivity index (χ3v) is 9.62. The molecule has 0 aromatic heterocycles. The molecule has 0 amide bonds. The van der Waals surface area contributed by atoms with Gasteiger partial charge in [0.25, 0.3) is 0 Å². The van der Waals surface area contributed by atoms with E-state index in [0.717, 1.165) is 22.7 Å². The average molecular weight is 860 g/mol. The molecule has 0 aliphatic rings. The van der Waals surface area contributed by atoms with Crippen molar-refractivity contribution in [2.45, 2.75) is 81.6 Å². The minimum atomic E-state index is 0.685. The van der Waals surface area contributed by atoms with Crippen molar-refractivity contribution in [1.82, 2.24) is 0 Å². The summed E-state index contributed by atoms with van der Waals surface area (Å²) in [6.45, 7) is 19.7. The summed E-state index contributed by atoms with van der Waals surface area (Å²) in [4.78, 5) is 0. The molecule has 0 aliphatic carbocycles. The van der Waals surface area contributed by atoms with E-state index in [-0.39, 0.29) is 0 Å². The first-order chi connectivity index (χ1) is 27.1. The number of halogens is 2. The van der Waals surface area contributed by atoms with Crippen molar-refractivity contribution < 1.29 is 30.7 Å². The second-order valence-electron chi connectivity index (χ2n) is 13.8. The predicted molar refractivity (Wildman–Crippen MR) is 235 cm³/mol. The Morgan fingerprint density at radius 2 is 0.446 bits per heavy atom. The molecule has 4 nitrogen and oxygen atoms in total. The van der Waals surface area contributed by atoms with Gasteiger partial charge in [-0.15, -0.1) is 48.9 Å². The van der Waals surface area contributed by atoms with Crippen LogP contribution in [-0.2, 0) is 56.9 Å². The summed E-state index contributed by atoms with van der Waals surface area (Å²) >= 11 is 4.19. The Labute approximate surface area is 362 Å². The Bertz CT molecular complexity index is 1740. The zero-order valence-electron chi connectivity index (χ0n) is 33.7. The Balaban J connectivity index is 0.000000276. The van der Waals surface area contributed by atoms with E-state index >= 15 is 0 Å². The van der Waals surface area contributed by atoms with E-state index in [1.54, 1.807) is 0 Å². The summed E-state index contributed by atoms with van der Waals surface area (Å²) in [5.74, 6) is 0. The first-order valence-electron chi connectivity index (χ1n) is 18.5. The van der Waals surface area contributed by atoms with Gasteiger partial charge in [-0.3, -0.25) is 0 Å². The number of benzene rings is 6. The normalized spacial score (nSPS) is 10.0. The summed E-state index contributed by atoms with van der Waals surface area (Å²) in [5, 5.41) is 19.5. The molecule has 0 saturated carbocycles. The molecule has 0 spiro atoms. The van der Waals surface area contributed by atoms with Crippen molar-refractivity contribution in [1.29, 1.82) is 0 Å². The quantitative estimate of drug-likeness (QED) is 0.118. The third kappa shape index (κ3) is 13.7. The minimum absolute atomic E-state index is 0.685. The fourth-order valence-corrected chi connectivity index (χ4v) is 6.61. The molecule has 0 unspecified atom stereocenters. The fourth-order valence-electron chi connectivity index (χ4n) is 6.61. The van der Waals surface area contributed by atoms with Gasteiger partial charge in [0.1, 0.15) is 0 Å². The molecule has 6 rings (SSSR count). The van der Waals surface area contributed by atoms with Crippen LogP contribution in [0.3, 0.4) is 0 Å². The van der Waals surface area contributed by atoms with Crippen LogP contribution in [0.15, 0.2) is 121 Å². The molecule has 6 aromatic carbocycles. The molecule has 0 heterocycles. The number of hydrogen-bond acceptors (Lipinski definition) is 0. The molecule has 290 valence electrons. The van der Waals surface area contributed by atoms with Gasteiger partial charge >= 0.3 is 50.8 Å². The van der Waals surface area contributed by atoms with E-state index in [4.69, 9.17) is 21.3 Å². The van der Waals surface area contributed by atoms with Crippen LogP contribution in [0.25, 0.3) is 21.3 Å². The molecule has 0 aliphatic heterocycles. The van der Waals surface area contributed by atoms with Crippen LogP contribution >= 0.6 is 20.1 Å². The Kier molecular flexibility index (Phi) is 20.6. The summed E-state index contributed by atoms with van der Waals surface area (Å²) in [5.41, 5.74) is 19.2. The van der Waals surface area contributed by atoms with E-state index in [2.05, 4.69) is 228 Å². The average Bonchev–Trinajstić information content (AvgIpc) is 3.20. The summed E-state index contributed by atoms with van der Waals surface area (Å²) in [6.07, 6.45) is 0. The van der Waals surface area contributed by atoms with Gasteiger partial charge in [0.05, 0.1) is 0 Å². The molecule has 0 fully saturated rings. The van der Waals surface area contributed by atoms with Crippen LogP contribution in [0, 0.1) is 55.4 Å². The molecule has 8 heteroatoms. The number of aryl methyl sites for hydroxylation is 8. The van der Waals surface area contributed by atoms with E-state index < -0.39 is 0 Å². The first-order valence-corrected chi connectivity index (χ1v) is 22.0. The van der Waals surface area contributed by atoms with E-state index in [0.29, 0.717) is 26.2 Å². The zero-order chi connectivity index (χ0) is 41.0. The molecule has 0 bridgehead atoms. The molecule has 0 radical (unpaired) electrons. The topological polar surface area (TPSA) is 56.4 Å². The van der Waals surface area contributed by atoms with Crippen molar-refractivity contribution in [2.75, 3.05) is 0 Å². The van der Waals surface area contributed by atoms with Crippen molar-refractivity contribution in [3.63, 3.8) is 0 Å². The van der Waals surface area contributed by atoms with Crippen molar-refractivity contribution in [2.24, 2.45) is 0 Å². The summed E-state index contributed by atoms with van der Waals surface area (Å²) in [7, 11) is 9.03. The molecule has 56 heavy (non-hydrogen) atoms. The van der Waals surface area contributed by atoms with Gasteiger partial charge in [-0.05, 0) is 55.4 Å². The Hall–Kier alpha value is -3.84. The molecule has 6 aromatic rings. The monoisotopic (exact) mass is 858 g/mol. The van der Waals surface area contributed by atoms with Crippen LogP contribution in [-0.4, -0.2) is 0 Å². The van der Waals surface area contributed by atoms with Crippen molar-refractivity contribution >= 4 is 42.8 Å². The maximum absolute atomic E-state index is 4.88. The Morgan fingerprint density at radius 1 is 0.286 bits per heavy atom. The second-order valence-corrected chi connectivity index (χ2v) is 13.8. The SMILES string of the molecule is Cc1cccc(C)c1[N-]Cc1ccccc1C[N-]c1c(C)cccc1C.Cc1cccc(C)c1[N-]Cc1ccccc1C[N-]c1c(C)cccc1C.[Cl][Cr+2].[Cl][Cr+2]. The van der Waals surface area contributed by atoms with Crippen LogP contribution < -0.4 is 0 Å². The van der Waals surface area contributed by atoms with Crippen LogP contribution in [0.1, 0.15) is 66.8 Å². The number of nitrogens with zero attached hydrogens (tertiary/aromatic N) is 4. The molecular weight excluding hydrogens is 807 g/mol. The van der Waals surface area contributed by atoms with E-state index in [9.17, 15) is 0 Å². The molecular formula is C48H52Cl2Cr2N4. The molecule has 0 atom stereocenters. The van der Waals surface area contributed by atoms with E-state index in [1.807, 2.05) is 0 Å². The zero-order valence-corrected chi connectivity index (χ0v) is 37.8. The van der Waals surface area contributed by atoms with Crippen LogP contribution in [0.2, 0.25) is 0 Å².